The summed E-state index contributed by atoms with van der Waals surface area (Å²) in [7, 11) is 0. The molecule has 0 unspecified atom stereocenters. The number of nitrogens with one attached hydrogen (secondary N) is 2. The van der Waals surface area contributed by atoms with Crippen molar-refractivity contribution in [3.63, 3.8) is 0 Å². The summed E-state index contributed by atoms with van der Waals surface area (Å²) < 4.78 is 1.54. The van der Waals surface area contributed by atoms with Crippen LogP contribution in [0.1, 0.15) is 5.56 Å². The first kappa shape index (κ1) is 20.5. The summed E-state index contributed by atoms with van der Waals surface area (Å²) in [5, 5.41) is 8.80. The van der Waals surface area contributed by atoms with Crippen LogP contribution < -0.4 is 10.9 Å². The Bertz CT molecular complexity index is 1320. The molecule has 0 saturated heterocycles. The third-order valence-electron chi connectivity index (χ3n) is 4.26. The lowest BCUT2D eigenvalue weighted by Crippen LogP contribution is -2.15. The normalized spacial score (nSPS) is 11.0. The molecule has 0 atom stereocenters. The fourth-order valence-electron chi connectivity index (χ4n) is 2.77. The molecule has 10 heteroatoms. The zero-order valence-electron chi connectivity index (χ0n) is 15.6. The zero-order chi connectivity index (χ0) is 21.3. The summed E-state index contributed by atoms with van der Waals surface area (Å²) in [5.41, 5.74) is 2.26. The van der Waals surface area contributed by atoms with Crippen LogP contribution in [0, 0.1) is 6.92 Å². The molecule has 2 aromatic carbocycles. The predicted molar refractivity (Wildman–Crippen MR) is 120 cm³/mol. The van der Waals surface area contributed by atoms with Crippen LogP contribution in [0.5, 0.6) is 0 Å². The number of carbonyl (C=O) groups excluding carboxylic acids is 1. The first-order chi connectivity index (χ1) is 14.4. The van der Waals surface area contributed by atoms with E-state index in [4.69, 9.17) is 23.2 Å². The van der Waals surface area contributed by atoms with E-state index >= 15 is 0 Å². The maximum Gasteiger partial charge on any atom is 0.262 e. The van der Waals surface area contributed by atoms with Crippen molar-refractivity contribution in [2.24, 2.45) is 0 Å². The summed E-state index contributed by atoms with van der Waals surface area (Å²) in [5.74, 6) is -0.184. The van der Waals surface area contributed by atoms with Gasteiger partial charge in [0.1, 0.15) is 5.39 Å². The van der Waals surface area contributed by atoms with Crippen molar-refractivity contribution < 1.29 is 4.79 Å². The van der Waals surface area contributed by atoms with Crippen molar-refractivity contribution >= 4 is 57.6 Å². The van der Waals surface area contributed by atoms with Crippen molar-refractivity contribution in [1.29, 1.82) is 0 Å². The van der Waals surface area contributed by atoms with E-state index in [1.807, 2.05) is 19.1 Å². The molecular formula is C20H15Cl2N5O2S. The fraction of sp³-hybridized carbons (Fsp3) is 0.100. The van der Waals surface area contributed by atoms with E-state index in [0.717, 1.165) is 17.3 Å². The van der Waals surface area contributed by atoms with Gasteiger partial charge in [-0.05, 0) is 42.8 Å². The van der Waals surface area contributed by atoms with Crippen LogP contribution in [0.15, 0.2) is 58.6 Å². The molecule has 0 spiro atoms. The molecule has 0 aliphatic heterocycles. The molecule has 0 aliphatic rings. The van der Waals surface area contributed by atoms with Gasteiger partial charge in [0.05, 0.1) is 17.6 Å². The van der Waals surface area contributed by atoms with Crippen molar-refractivity contribution in [2.45, 2.75) is 12.1 Å². The van der Waals surface area contributed by atoms with Crippen molar-refractivity contribution in [3.05, 3.63) is 74.6 Å². The Balaban J connectivity index is 1.54. The van der Waals surface area contributed by atoms with Crippen LogP contribution in [0.4, 0.5) is 5.69 Å². The Hall–Kier alpha value is -2.81. The third-order valence-corrected chi connectivity index (χ3v) is 5.78. The number of hydrogen-bond donors (Lipinski definition) is 2. The molecule has 4 rings (SSSR count). The Morgan fingerprint density at radius 2 is 2.07 bits per heavy atom. The number of fused-ring (bicyclic) bond motifs is 1. The Morgan fingerprint density at radius 3 is 2.83 bits per heavy atom. The van der Waals surface area contributed by atoms with E-state index < -0.39 is 0 Å². The molecule has 30 heavy (non-hydrogen) atoms. The molecule has 0 aliphatic carbocycles. The van der Waals surface area contributed by atoms with Crippen LogP contribution >= 0.6 is 35.0 Å². The van der Waals surface area contributed by atoms with E-state index in [1.165, 1.54) is 10.9 Å². The maximum atomic E-state index is 12.4. The fourth-order valence-corrected chi connectivity index (χ4v) is 3.79. The van der Waals surface area contributed by atoms with E-state index in [9.17, 15) is 9.59 Å². The lowest BCUT2D eigenvalue weighted by molar-refractivity contribution is -0.113. The highest BCUT2D eigenvalue weighted by molar-refractivity contribution is 7.99. The van der Waals surface area contributed by atoms with Gasteiger partial charge in [0.25, 0.3) is 5.56 Å². The van der Waals surface area contributed by atoms with E-state index in [0.29, 0.717) is 37.6 Å². The molecule has 2 heterocycles. The number of benzene rings is 2. The monoisotopic (exact) mass is 459 g/mol. The Labute approximate surface area is 185 Å². The largest absolute Gasteiger partial charge is 0.325 e. The van der Waals surface area contributed by atoms with Gasteiger partial charge in [-0.15, -0.1) is 0 Å². The van der Waals surface area contributed by atoms with Gasteiger partial charge in [-0.25, -0.2) is 9.67 Å². The van der Waals surface area contributed by atoms with Crippen LogP contribution in [0.2, 0.25) is 10.0 Å². The summed E-state index contributed by atoms with van der Waals surface area (Å²) >= 11 is 13.3. The van der Waals surface area contributed by atoms with Crippen LogP contribution in [-0.2, 0) is 4.79 Å². The number of amides is 1. The van der Waals surface area contributed by atoms with Gasteiger partial charge in [0.15, 0.2) is 10.8 Å². The van der Waals surface area contributed by atoms with E-state index in [2.05, 4.69) is 20.4 Å². The second-order valence-corrected chi connectivity index (χ2v) is 8.25. The quantitative estimate of drug-likeness (QED) is 0.339. The summed E-state index contributed by atoms with van der Waals surface area (Å²) in [6.45, 7) is 1.88. The minimum Gasteiger partial charge on any atom is -0.325 e. The highest BCUT2D eigenvalue weighted by Gasteiger charge is 2.13. The van der Waals surface area contributed by atoms with E-state index in [1.54, 1.807) is 30.3 Å². The van der Waals surface area contributed by atoms with Crippen molar-refractivity contribution in [2.75, 3.05) is 11.1 Å². The average molecular weight is 460 g/mol. The molecule has 2 N–H and O–H groups in total. The number of anilines is 1. The predicted octanol–water partition coefficient (Wildman–Crippen LogP) is 4.45. The van der Waals surface area contributed by atoms with Gasteiger partial charge in [0, 0.05) is 15.7 Å². The average Bonchev–Trinajstić information content (AvgIpc) is 3.14. The van der Waals surface area contributed by atoms with Crippen molar-refractivity contribution in [3.8, 4) is 5.69 Å². The third kappa shape index (κ3) is 4.35. The minimum absolute atomic E-state index is 0.0608. The highest BCUT2D eigenvalue weighted by atomic mass is 35.5. The smallest absolute Gasteiger partial charge is 0.262 e. The molecule has 152 valence electrons. The maximum absolute atomic E-state index is 12.4. The van der Waals surface area contributed by atoms with Gasteiger partial charge < -0.3 is 10.3 Å². The number of halogens is 2. The van der Waals surface area contributed by atoms with Gasteiger partial charge in [-0.2, -0.15) is 5.10 Å². The lowest BCUT2D eigenvalue weighted by Gasteiger charge is -2.07. The number of hydrogen-bond acceptors (Lipinski definition) is 5. The van der Waals surface area contributed by atoms with Gasteiger partial charge in [0.2, 0.25) is 5.91 Å². The van der Waals surface area contributed by atoms with Gasteiger partial charge >= 0.3 is 0 Å². The first-order valence-corrected chi connectivity index (χ1v) is 10.6. The lowest BCUT2D eigenvalue weighted by atomic mass is 10.2. The molecule has 0 fully saturated rings. The number of carbonyl (C=O) groups is 1. The van der Waals surface area contributed by atoms with Gasteiger partial charge in [-0.1, -0.05) is 47.1 Å². The first-order valence-electron chi connectivity index (χ1n) is 8.83. The second-order valence-electron chi connectivity index (χ2n) is 6.45. The molecular weight excluding hydrogens is 445 g/mol. The zero-order valence-corrected chi connectivity index (χ0v) is 18.0. The summed E-state index contributed by atoms with van der Waals surface area (Å²) in [6.07, 6.45) is 1.45. The van der Waals surface area contributed by atoms with Crippen LogP contribution in [-0.4, -0.2) is 31.4 Å². The Kier molecular flexibility index (Phi) is 5.80. The van der Waals surface area contributed by atoms with Crippen LogP contribution in [0.25, 0.3) is 16.7 Å². The SMILES string of the molecule is Cc1ccc(NC(=O)CSc2nc3c(cnn3-c3cccc(Cl)c3)c(=O)[nH]2)cc1Cl. The minimum atomic E-state index is -0.332. The number of aromatic nitrogens is 4. The number of aromatic amines is 1. The number of aryl methyl sites for hydroxylation is 1. The van der Waals surface area contributed by atoms with Crippen LogP contribution in [0.3, 0.4) is 0 Å². The topological polar surface area (TPSA) is 92.7 Å². The second kappa shape index (κ2) is 8.51. The molecule has 0 bridgehead atoms. The standard InChI is InChI=1S/C20H15Cl2N5O2S/c1-11-5-6-13(8-16(11)22)24-17(28)10-30-20-25-18-15(19(29)26-20)9-23-27(18)14-4-2-3-12(21)7-14/h2-9H,10H2,1H3,(H,24,28)(H,25,26,29). The van der Waals surface area contributed by atoms with Crippen molar-refractivity contribution in [1.82, 2.24) is 19.7 Å². The number of H-pyrrole nitrogens is 1. The highest BCUT2D eigenvalue weighted by Crippen LogP contribution is 2.22. The van der Waals surface area contributed by atoms with E-state index in [-0.39, 0.29) is 17.2 Å². The molecule has 0 radical (unpaired) electrons. The number of thioether (sulfide) groups is 1. The number of rotatable bonds is 5. The summed E-state index contributed by atoms with van der Waals surface area (Å²) in [4.78, 5) is 31.8. The Morgan fingerprint density at radius 1 is 1.23 bits per heavy atom. The summed E-state index contributed by atoms with van der Waals surface area (Å²) in [6, 6.07) is 12.4. The van der Waals surface area contributed by atoms with Gasteiger partial charge in [-0.3, -0.25) is 9.59 Å². The molecule has 1 amide bonds. The molecule has 2 aromatic heterocycles. The molecule has 4 aromatic rings. The number of nitrogens with zero attached hydrogens (tertiary/aromatic N) is 3. The molecule has 0 saturated carbocycles. The molecule has 7 nitrogen and oxygen atoms in total.